The summed E-state index contributed by atoms with van der Waals surface area (Å²) in [6.45, 7) is 5.54. The Bertz CT molecular complexity index is 786. The van der Waals surface area contributed by atoms with Crippen LogP contribution in [0.4, 0.5) is 0 Å². The minimum atomic E-state index is -3.29. The maximum absolute atomic E-state index is 12.3. The second-order valence-electron chi connectivity index (χ2n) is 5.33. The van der Waals surface area contributed by atoms with E-state index < -0.39 is 9.84 Å². The molecular formula is C17H24N4O2S2. The third-order valence-corrected chi connectivity index (χ3v) is 6.29. The normalized spacial score (nSPS) is 12.2. The predicted octanol–water partition coefficient (Wildman–Crippen LogP) is 2.23. The van der Waals surface area contributed by atoms with Crippen molar-refractivity contribution in [3.63, 3.8) is 0 Å². The number of thiazole rings is 1. The highest BCUT2D eigenvalue weighted by molar-refractivity contribution is 7.91. The number of benzene rings is 1. The van der Waals surface area contributed by atoms with Crippen LogP contribution in [0.3, 0.4) is 0 Å². The minimum absolute atomic E-state index is 0.0126. The lowest BCUT2D eigenvalue weighted by Crippen LogP contribution is -2.39. The highest BCUT2D eigenvalue weighted by atomic mass is 32.2. The second kappa shape index (κ2) is 9.53. The number of hydrogen-bond acceptors (Lipinski definition) is 5. The van der Waals surface area contributed by atoms with E-state index in [2.05, 4.69) is 27.5 Å². The Morgan fingerprint density at radius 3 is 2.60 bits per heavy atom. The summed E-state index contributed by atoms with van der Waals surface area (Å²) >= 11 is 1.65. The molecule has 25 heavy (non-hydrogen) atoms. The zero-order valence-electron chi connectivity index (χ0n) is 14.5. The molecule has 0 atom stereocenters. The molecule has 0 spiro atoms. The first-order valence-corrected chi connectivity index (χ1v) is 10.8. The van der Waals surface area contributed by atoms with Crippen LogP contribution in [0.1, 0.15) is 23.7 Å². The smallest absolute Gasteiger partial charge is 0.191 e. The van der Waals surface area contributed by atoms with Gasteiger partial charge in [-0.25, -0.2) is 18.4 Å². The van der Waals surface area contributed by atoms with Gasteiger partial charge in [-0.15, -0.1) is 11.3 Å². The molecule has 1 aromatic heterocycles. The lowest BCUT2D eigenvalue weighted by molar-refractivity contribution is 0.594. The Kier molecular flexibility index (Phi) is 7.39. The molecule has 0 saturated heterocycles. The molecule has 6 nitrogen and oxygen atoms in total. The van der Waals surface area contributed by atoms with E-state index in [1.165, 1.54) is 4.88 Å². The highest BCUT2D eigenvalue weighted by Crippen LogP contribution is 2.14. The molecule has 0 aliphatic rings. The largest absolute Gasteiger partial charge is 0.357 e. The minimum Gasteiger partial charge on any atom is -0.357 e. The quantitative estimate of drug-likeness (QED) is 0.542. The lowest BCUT2D eigenvalue weighted by Gasteiger charge is -2.11. The van der Waals surface area contributed by atoms with Crippen molar-refractivity contribution >= 4 is 27.1 Å². The molecule has 0 unspecified atom stereocenters. The van der Waals surface area contributed by atoms with E-state index >= 15 is 0 Å². The van der Waals surface area contributed by atoms with Crippen molar-refractivity contribution in [2.24, 2.45) is 4.99 Å². The lowest BCUT2D eigenvalue weighted by atomic mass is 10.4. The van der Waals surface area contributed by atoms with Gasteiger partial charge >= 0.3 is 0 Å². The van der Waals surface area contributed by atoms with E-state index in [0.29, 0.717) is 30.5 Å². The van der Waals surface area contributed by atoms with Gasteiger partial charge in [0, 0.05) is 24.2 Å². The monoisotopic (exact) mass is 380 g/mol. The Morgan fingerprint density at radius 2 is 1.96 bits per heavy atom. The molecule has 8 heteroatoms. The Morgan fingerprint density at radius 1 is 1.20 bits per heavy atom. The van der Waals surface area contributed by atoms with Crippen LogP contribution >= 0.6 is 11.3 Å². The van der Waals surface area contributed by atoms with Gasteiger partial charge in [0.2, 0.25) is 0 Å². The number of hydrogen-bond donors (Lipinski definition) is 2. The topological polar surface area (TPSA) is 83.4 Å². The molecular weight excluding hydrogens is 356 g/mol. The predicted molar refractivity (Wildman–Crippen MR) is 103 cm³/mol. The van der Waals surface area contributed by atoms with Crippen LogP contribution in [0.15, 0.2) is 46.4 Å². The van der Waals surface area contributed by atoms with Crippen molar-refractivity contribution in [3.8, 4) is 0 Å². The van der Waals surface area contributed by atoms with Gasteiger partial charge in [-0.3, -0.25) is 0 Å². The number of aliphatic imine (C=N–C) groups is 1. The maximum Gasteiger partial charge on any atom is 0.191 e. The number of aromatic nitrogens is 1. The summed E-state index contributed by atoms with van der Waals surface area (Å²) in [6, 6.07) is 8.48. The average molecular weight is 381 g/mol. The molecule has 2 N–H and O–H groups in total. The molecule has 0 radical (unpaired) electrons. The van der Waals surface area contributed by atoms with Crippen LogP contribution in [-0.4, -0.2) is 38.2 Å². The summed E-state index contributed by atoms with van der Waals surface area (Å²) in [4.78, 5) is 10.4. The summed E-state index contributed by atoms with van der Waals surface area (Å²) < 4.78 is 24.6. The Hall–Kier alpha value is -1.93. The van der Waals surface area contributed by atoms with E-state index in [9.17, 15) is 8.42 Å². The standard InChI is InChI=1S/C17H24N4O2S2/c1-3-14-12-20-16(24-14)13-21-17(18-4-2)19-10-11-25(22,23)15-8-6-5-7-9-15/h5-9,12H,3-4,10-11,13H2,1-2H3,(H2,18,19,21). The fraction of sp³-hybridized carbons (Fsp3) is 0.412. The van der Waals surface area contributed by atoms with Crippen LogP contribution in [-0.2, 0) is 22.8 Å². The summed E-state index contributed by atoms with van der Waals surface area (Å²) in [7, 11) is -3.29. The number of nitrogens with one attached hydrogen (secondary N) is 2. The average Bonchev–Trinajstić information content (AvgIpc) is 3.08. The fourth-order valence-electron chi connectivity index (χ4n) is 2.12. The fourth-order valence-corrected chi connectivity index (χ4v) is 4.09. The zero-order chi connectivity index (χ0) is 18.1. The van der Waals surface area contributed by atoms with Crippen LogP contribution in [0.5, 0.6) is 0 Å². The molecule has 1 aromatic carbocycles. The van der Waals surface area contributed by atoms with Crippen molar-refractivity contribution in [2.75, 3.05) is 18.8 Å². The van der Waals surface area contributed by atoms with Crippen LogP contribution in [0.25, 0.3) is 0 Å². The SMILES string of the molecule is CCNC(=NCc1ncc(CC)s1)NCCS(=O)(=O)c1ccccc1. The first-order chi connectivity index (χ1) is 12.0. The first-order valence-electron chi connectivity index (χ1n) is 8.28. The Balaban J connectivity index is 1.91. The van der Waals surface area contributed by atoms with E-state index in [4.69, 9.17) is 0 Å². The second-order valence-corrected chi connectivity index (χ2v) is 8.64. The van der Waals surface area contributed by atoms with E-state index in [1.54, 1.807) is 41.7 Å². The molecule has 1 heterocycles. The van der Waals surface area contributed by atoms with Crippen molar-refractivity contribution in [1.29, 1.82) is 0 Å². The van der Waals surface area contributed by atoms with Gasteiger partial charge < -0.3 is 10.6 Å². The number of nitrogens with zero attached hydrogens (tertiary/aromatic N) is 2. The third kappa shape index (κ3) is 6.13. The van der Waals surface area contributed by atoms with Crippen molar-refractivity contribution in [2.45, 2.75) is 31.7 Å². The third-order valence-electron chi connectivity index (χ3n) is 3.43. The van der Waals surface area contributed by atoms with Gasteiger partial charge in [0.15, 0.2) is 15.8 Å². The highest BCUT2D eigenvalue weighted by Gasteiger charge is 2.13. The van der Waals surface area contributed by atoms with Gasteiger partial charge in [-0.05, 0) is 25.5 Å². The van der Waals surface area contributed by atoms with Gasteiger partial charge in [0.25, 0.3) is 0 Å². The van der Waals surface area contributed by atoms with E-state index in [-0.39, 0.29) is 5.75 Å². The van der Waals surface area contributed by atoms with Gasteiger partial charge in [0.05, 0.1) is 17.2 Å². The van der Waals surface area contributed by atoms with Crippen molar-refractivity contribution in [1.82, 2.24) is 15.6 Å². The molecule has 2 rings (SSSR count). The van der Waals surface area contributed by atoms with Crippen molar-refractivity contribution < 1.29 is 8.42 Å². The van der Waals surface area contributed by atoms with Gasteiger partial charge in [-0.2, -0.15) is 0 Å². The molecule has 0 fully saturated rings. The number of aryl methyl sites for hydroxylation is 1. The summed E-state index contributed by atoms with van der Waals surface area (Å²) in [5.41, 5.74) is 0. The van der Waals surface area contributed by atoms with Crippen LogP contribution in [0, 0.1) is 0 Å². The zero-order valence-corrected chi connectivity index (χ0v) is 16.2. The Labute approximate surface area is 153 Å². The number of guanidine groups is 1. The number of sulfone groups is 1. The summed E-state index contributed by atoms with van der Waals surface area (Å²) in [6.07, 6.45) is 2.85. The molecule has 0 aliphatic heterocycles. The molecule has 0 aliphatic carbocycles. The van der Waals surface area contributed by atoms with Crippen molar-refractivity contribution in [3.05, 3.63) is 46.4 Å². The summed E-state index contributed by atoms with van der Waals surface area (Å²) in [5, 5.41) is 7.14. The van der Waals surface area contributed by atoms with E-state index in [0.717, 1.165) is 11.4 Å². The maximum atomic E-state index is 12.3. The first kappa shape index (κ1) is 19.4. The van der Waals surface area contributed by atoms with Gasteiger partial charge in [0.1, 0.15) is 5.01 Å². The molecule has 0 bridgehead atoms. The van der Waals surface area contributed by atoms with E-state index in [1.807, 2.05) is 13.1 Å². The van der Waals surface area contributed by atoms with Crippen LogP contribution < -0.4 is 10.6 Å². The molecule has 0 amide bonds. The van der Waals surface area contributed by atoms with Crippen LogP contribution in [0.2, 0.25) is 0 Å². The van der Waals surface area contributed by atoms with Gasteiger partial charge in [-0.1, -0.05) is 25.1 Å². The molecule has 2 aromatic rings. The summed E-state index contributed by atoms with van der Waals surface area (Å²) in [5.74, 6) is 0.609. The molecule has 136 valence electrons. The number of rotatable bonds is 8. The molecule has 0 saturated carbocycles.